The van der Waals surface area contributed by atoms with Gasteiger partial charge in [0.1, 0.15) is 17.3 Å². The number of anilines is 1. The molecule has 4 aromatic rings. The standard InChI is InChI=1S/C22H21FN4O3S2/c1-11-17-20(30-4)25-16(10-29-3)26-21(17)32-18(11)19(28)27-22-24-12(2)15(31-22)9-13-7-5-6-8-14(13)23/h5-8H,9-10H2,1-4H3,(H,24,27,28). The number of hydrogen-bond acceptors (Lipinski definition) is 8. The lowest BCUT2D eigenvalue weighted by Crippen LogP contribution is -2.11. The van der Waals surface area contributed by atoms with Crippen molar-refractivity contribution in [1.29, 1.82) is 0 Å². The van der Waals surface area contributed by atoms with Crippen molar-refractivity contribution in [2.75, 3.05) is 19.5 Å². The summed E-state index contributed by atoms with van der Waals surface area (Å²) >= 11 is 2.61. The molecule has 1 aromatic carbocycles. The minimum Gasteiger partial charge on any atom is -0.480 e. The lowest BCUT2D eigenvalue weighted by atomic mass is 10.1. The molecule has 0 aliphatic rings. The summed E-state index contributed by atoms with van der Waals surface area (Å²) in [6, 6.07) is 6.65. The number of thiophene rings is 1. The number of fused-ring (bicyclic) bond motifs is 1. The highest BCUT2D eigenvalue weighted by molar-refractivity contribution is 7.21. The minimum atomic E-state index is -0.285. The molecular formula is C22H21FN4O3S2. The zero-order chi connectivity index (χ0) is 22.8. The average Bonchev–Trinajstić information content (AvgIpc) is 3.28. The van der Waals surface area contributed by atoms with E-state index in [4.69, 9.17) is 9.47 Å². The number of aromatic nitrogens is 3. The van der Waals surface area contributed by atoms with Crippen molar-refractivity contribution in [2.45, 2.75) is 26.9 Å². The van der Waals surface area contributed by atoms with Crippen LogP contribution in [0.25, 0.3) is 10.2 Å². The lowest BCUT2D eigenvalue weighted by molar-refractivity contribution is 0.103. The van der Waals surface area contributed by atoms with Gasteiger partial charge in [-0.25, -0.2) is 14.4 Å². The monoisotopic (exact) mass is 472 g/mol. The molecule has 0 bridgehead atoms. The number of halogens is 1. The normalized spacial score (nSPS) is 11.2. The first-order chi connectivity index (χ1) is 15.4. The van der Waals surface area contributed by atoms with E-state index in [-0.39, 0.29) is 18.3 Å². The average molecular weight is 473 g/mol. The Morgan fingerprint density at radius 3 is 2.62 bits per heavy atom. The molecular weight excluding hydrogens is 451 g/mol. The van der Waals surface area contributed by atoms with Gasteiger partial charge in [-0.1, -0.05) is 18.2 Å². The van der Waals surface area contributed by atoms with Gasteiger partial charge in [0, 0.05) is 18.4 Å². The molecule has 0 fully saturated rings. The summed E-state index contributed by atoms with van der Waals surface area (Å²) in [6.45, 7) is 3.94. The summed E-state index contributed by atoms with van der Waals surface area (Å²) in [6.07, 6.45) is 0.420. The van der Waals surface area contributed by atoms with E-state index in [1.54, 1.807) is 25.3 Å². The van der Waals surface area contributed by atoms with Crippen LogP contribution >= 0.6 is 22.7 Å². The Balaban J connectivity index is 1.60. The van der Waals surface area contributed by atoms with Crippen molar-refractivity contribution >= 4 is 43.9 Å². The molecule has 4 rings (SSSR count). The first-order valence-corrected chi connectivity index (χ1v) is 11.4. The van der Waals surface area contributed by atoms with Crippen molar-refractivity contribution in [3.05, 3.63) is 62.5 Å². The van der Waals surface area contributed by atoms with E-state index in [2.05, 4.69) is 20.3 Å². The number of aryl methyl sites for hydroxylation is 2. The van der Waals surface area contributed by atoms with Crippen molar-refractivity contribution in [1.82, 2.24) is 15.0 Å². The number of thiazole rings is 1. The molecule has 3 aromatic heterocycles. The molecule has 166 valence electrons. The van der Waals surface area contributed by atoms with Crippen molar-refractivity contribution < 1.29 is 18.7 Å². The SMILES string of the molecule is COCc1nc(OC)c2c(C)c(C(=O)Nc3nc(C)c(Cc4ccccc4F)s3)sc2n1. The van der Waals surface area contributed by atoms with Gasteiger partial charge in [0.05, 0.1) is 23.1 Å². The van der Waals surface area contributed by atoms with E-state index < -0.39 is 0 Å². The van der Waals surface area contributed by atoms with Crippen LogP contribution in [0.3, 0.4) is 0 Å². The number of amides is 1. The van der Waals surface area contributed by atoms with Crippen LogP contribution in [0.5, 0.6) is 5.88 Å². The van der Waals surface area contributed by atoms with Crippen molar-refractivity contribution in [3.8, 4) is 5.88 Å². The summed E-state index contributed by atoms with van der Waals surface area (Å²) in [5, 5.41) is 4.04. The molecule has 32 heavy (non-hydrogen) atoms. The van der Waals surface area contributed by atoms with Crippen LogP contribution in [0, 0.1) is 19.7 Å². The van der Waals surface area contributed by atoms with Crippen LogP contribution in [0.1, 0.15) is 37.2 Å². The Morgan fingerprint density at radius 2 is 1.91 bits per heavy atom. The molecule has 0 atom stereocenters. The highest BCUT2D eigenvalue weighted by Crippen LogP contribution is 2.36. The van der Waals surface area contributed by atoms with Crippen molar-refractivity contribution in [2.24, 2.45) is 0 Å². The number of carbonyl (C=O) groups excluding carboxylic acids is 1. The second-order valence-electron chi connectivity index (χ2n) is 7.07. The number of benzene rings is 1. The second-order valence-corrected chi connectivity index (χ2v) is 9.15. The fraction of sp³-hybridized carbons (Fsp3) is 0.273. The first kappa shape index (κ1) is 22.3. The molecule has 0 aliphatic carbocycles. The first-order valence-electron chi connectivity index (χ1n) is 9.75. The van der Waals surface area contributed by atoms with E-state index in [1.807, 2.05) is 13.8 Å². The minimum absolute atomic E-state index is 0.244. The molecule has 0 spiro atoms. The number of nitrogens with zero attached hydrogens (tertiary/aromatic N) is 3. The van der Waals surface area contributed by atoms with E-state index in [0.29, 0.717) is 43.9 Å². The van der Waals surface area contributed by atoms with Gasteiger partial charge in [-0.2, -0.15) is 4.98 Å². The number of hydrogen-bond donors (Lipinski definition) is 1. The predicted octanol–water partition coefficient (Wildman–Crippen LogP) is 4.90. The summed E-state index contributed by atoms with van der Waals surface area (Å²) in [4.78, 5) is 28.4. The number of ether oxygens (including phenoxy) is 2. The van der Waals surface area contributed by atoms with Gasteiger partial charge >= 0.3 is 0 Å². The third kappa shape index (κ3) is 4.34. The maximum atomic E-state index is 14.0. The highest BCUT2D eigenvalue weighted by atomic mass is 32.1. The van der Waals surface area contributed by atoms with E-state index in [1.165, 1.54) is 35.8 Å². The molecule has 0 unspecified atom stereocenters. The Bertz CT molecular complexity index is 1300. The summed E-state index contributed by atoms with van der Waals surface area (Å²) in [5.41, 5.74) is 2.09. The zero-order valence-electron chi connectivity index (χ0n) is 18.0. The molecule has 3 heterocycles. The number of methoxy groups -OCH3 is 2. The van der Waals surface area contributed by atoms with Crippen LogP contribution < -0.4 is 10.1 Å². The second kappa shape index (κ2) is 9.27. The zero-order valence-corrected chi connectivity index (χ0v) is 19.6. The van der Waals surface area contributed by atoms with Crippen LogP contribution in [-0.2, 0) is 17.8 Å². The van der Waals surface area contributed by atoms with Gasteiger partial charge in [-0.05, 0) is 31.0 Å². The lowest BCUT2D eigenvalue weighted by Gasteiger charge is -2.05. The smallest absolute Gasteiger partial charge is 0.267 e. The Morgan fingerprint density at radius 1 is 1.12 bits per heavy atom. The Hall–Kier alpha value is -2.95. The molecule has 7 nitrogen and oxygen atoms in total. The maximum Gasteiger partial charge on any atom is 0.267 e. The van der Waals surface area contributed by atoms with E-state index in [0.717, 1.165) is 16.1 Å². The maximum absolute atomic E-state index is 14.0. The summed E-state index contributed by atoms with van der Waals surface area (Å²) < 4.78 is 24.6. The Labute approximate surface area is 192 Å². The third-order valence-corrected chi connectivity index (χ3v) is 7.16. The van der Waals surface area contributed by atoms with Crippen LogP contribution in [0.4, 0.5) is 9.52 Å². The van der Waals surface area contributed by atoms with E-state index in [9.17, 15) is 9.18 Å². The van der Waals surface area contributed by atoms with Crippen molar-refractivity contribution in [3.63, 3.8) is 0 Å². The molecule has 10 heteroatoms. The Kier molecular flexibility index (Phi) is 6.45. The molecule has 0 radical (unpaired) electrons. The molecule has 0 saturated carbocycles. The third-order valence-electron chi connectivity index (χ3n) is 4.90. The van der Waals surface area contributed by atoms with Gasteiger partial charge in [-0.3, -0.25) is 10.1 Å². The predicted molar refractivity (Wildman–Crippen MR) is 123 cm³/mol. The molecule has 0 saturated heterocycles. The largest absolute Gasteiger partial charge is 0.480 e. The van der Waals surface area contributed by atoms with Crippen LogP contribution in [0.15, 0.2) is 24.3 Å². The summed E-state index contributed by atoms with van der Waals surface area (Å²) in [7, 11) is 3.10. The van der Waals surface area contributed by atoms with E-state index >= 15 is 0 Å². The number of nitrogens with one attached hydrogen (secondary N) is 1. The molecule has 0 aliphatic heterocycles. The van der Waals surface area contributed by atoms with Crippen LogP contribution in [0.2, 0.25) is 0 Å². The van der Waals surface area contributed by atoms with Gasteiger partial charge < -0.3 is 9.47 Å². The van der Waals surface area contributed by atoms with Gasteiger partial charge in [0.2, 0.25) is 5.88 Å². The number of rotatable bonds is 7. The molecule has 1 amide bonds. The topological polar surface area (TPSA) is 86.2 Å². The quantitative estimate of drug-likeness (QED) is 0.412. The van der Waals surface area contributed by atoms with Gasteiger partial charge in [-0.15, -0.1) is 22.7 Å². The fourth-order valence-electron chi connectivity index (χ4n) is 3.32. The van der Waals surface area contributed by atoms with Gasteiger partial charge in [0.25, 0.3) is 5.91 Å². The van der Waals surface area contributed by atoms with Crippen LogP contribution in [-0.4, -0.2) is 35.1 Å². The fourth-order valence-corrected chi connectivity index (χ4v) is 5.38. The molecule has 1 N–H and O–H groups in total. The van der Waals surface area contributed by atoms with Gasteiger partial charge in [0.15, 0.2) is 11.0 Å². The number of carbonyl (C=O) groups is 1. The summed E-state index contributed by atoms with van der Waals surface area (Å²) in [5.74, 6) is 0.354. The highest BCUT2D eigenvalue weighted by Gasteiger charge is 2.22.